The highest BCUT2D eigenvalue weighted by atomic mass is 15.2. The molecule has 1 aliphatic heterocycles. The van der Waals surface area contributed by atoms with Gasteiger partial charge in [0.25, 0.3) is 0 Å². The molecule has 0 radical (unpaired) electrons. The predicted molar refractivity (Wildman–Crippen MR) is 79.3 cm³/mol. The molecule has 0 amide bonds. The normalized spacial score (nSPS) is 18.6. The molecule has 0 aromatic heterocycles. The molecule has 0 saturated carbocycles. The summed E-state index contributed by atoms with van der Waals surface area (Å²) in [4.78, 5) is 2.57. The van der Waals surface area contributed by atoms with Gasteiger partial charge in [-0.05, 0) is 64.3 Å². The van der Waals surface area contributed by atoms with Crippen LogP contribution in [0.4, 0.5) is 5.69 Å². The minimum atomic E-state index is 0.637. The van der Waals surface area contributed by atoms with E-state index >= 15 is 0 Å². The fourth-order valence-corrected chi connectivity index (χ4v) is 3.14. The Balaban J connectivity index is 2.14. The average Bonchev–Trinajstić information content (AvgIpc) is 2.42. The third-order valence-electron chi connectivity index (χ3n) is 4.32. The molecule has 100 valence electrons. The summed E-state index contributed by atoms with van der Waals surface area (Å²) in [5, 5.41) is 3.46. The van der Waals surface area contributed by atoms with E-state index in [2.05, 4.69) is 55.3 Å². The van der Waals surface area contributed by atoms with Gasteiger partial charge in [-0.3, -0.25) is 0 Å². The summed E-state index contributed by atoms with van der Waals surface area (Å²) in [5.74, 6) is 0.825. The molecule has 1 unspecified atom stereocenters. The molecule has 1 aromatic carbocycles. The van der Waals surface area contributed by atoms with E-state index in [-0.39, 0.29) is 0 Å². The lowest BCUT2D eigenvalue weighted by atomic mass is 9.89. The van der Waals surface area contributed by atoms with Crippen molar-refractivity contribution in [2.24, 2.45) is 5.92 Å². The molecule has 1 aliphatic rings. The molecule has 2 rings (SSSR count). The van der Waals surface area contributed by atoms with E-state index < -0.39 is 0 Å². The largest absolute Gasteiger partial charge is 0.369 e. The van der Waals surface area contributed by atoms with Gasteiger partial charge >= 0.3 is 0 Å². The first-order valence-electron chi connectivity index (χ1n) is 7.27. The van der Waals surface area contributed by atoms with Crippen molar-refractivity contribution in [1.29, 1.82) is 0 Å². The molecular weight excluding hydrogens is 220 g/mol. The molecule has 18 heavy (non-hydrogen) atoms. The van der Waals surface area contributed by atoms with Gasteiger partial charge in [0.05, 0.1) is 0 Å². The summed E-state index contributed by atoms with van der Waals surface area (Å²) in [7, 11) is 0. The fraction of sp³-hybridized carbons (Fsp3) is 0.625. The van der Waals surface area contributed by atoms with Gasteiger partial charge in [0, 0.05) is 18.3 Å². The van der Waals surface area contributed by atoms with E-state index in [4.69, 9.17) is 0 Å². The van der Waals surface area contributed by atoms with Gasteiger partial charge in [-0.15, -0.1) is 0 Å². The second-order valence-electron chi connectivity index (χ2n) is 5.40. The Morgan fingerprint density at radius 1 is 1.28 bits per heavy atom. The zero-order valence-electron chi connectivity index (χ0n) is 11.9. The van der Waals surface area contributed by atoms with Crippen molar-refractivity contribution in [3.05, 3.63) is 29.8 Å². The number of anilines is 1. The van der Waals surface area contributed by atoms with Crippen LogP contribution in [0.2, 0.25) is 0 Å². The lowest BCUT2D eigenvalue weighted by molar-refractivity contribution is 0.319. The Morgan fingerprint density at radius 2 is 1.94 bits per heavy atom. The standard InChI is InChI=1S/C16H26N2/c1-4-18(16-8-6-5-7-13(16)2)14(3)15-9-11-17-12-10-15/h5-8,14-15,17H,4,9-12H2,1-3H3. The van der Waals surface area contributed by atoms with E-state index in [9.17, 15) is 0 Å². The van der Waals surface area contributed by atoms with Gasteiger partial charge in [0.2, 0.25) is 0 Å². The van der Waals surface area contributed by atoms with Crippen molar-refractivity contribution < 1.29 is 0 Å². The van der Waals surface area contributed by atoms with Gasteiger partial charge in [0.15, 0.2) is 0 Å². The Kier molecular flexibility index (Phi) is 4.65. The Bertz CT molecular complexity index is 369. The van der Waals surface area contributed by atoms with E-state index in [0.29, 0.717) is 6.04 Å². The highest BCUT2D eigenvalue weighted by Gasteiger charge is 2.25. The highest BCUT2D eigenvalue weighted by Crippen LogP contribution is 2.27. The Hall–Kier alpha value is -1.02. The van der Waals surface area contributed by atoms with Crippen LogP contribution in [0.25, 0.3) is 0 Å². The van der Waals surface area contributed by atoms with Crippen molar-refractivity contribution >= 4 is 5.69 Å². The number of hydrogen-bond donors (Lipinski definition) is 1. The predicted octanol–water partition coefficient (Wildman–Crippen LogP) is 3.21. The lowest BCUT2D eigenvalue weighted by Crippen LogP contribution is -2.43. The molecule has 1 heterocycles. The number of nitrogens with zero attached hydrogens (tertiary/aromatic N) is 1. The van der Waals surface area contributed by atoms with Crippen molar-refractivity contribution in [1.82, 2.24) is 5.32 Å². The van der Waals surface area contributed by atoms with Gasteiger partial charge in [-0.25, -0.2) is 0 Å². The third kappa shape index (κ3) is 2.86. The van der Waals surface area contributed by atoms with Crippen molar-refractivity contribution in [2.75, 3.05) is 24.5 Å². The van der Waals surface area contributed by atoms with Crippen LogP contribution in [0.5, 0.6) is 0 Å². The second-order valence-corrected chi connectivity index (χ2v) is 5.40. The maximum absolute atomic E-state index is 3.46. The van der Waals surface area contributed by atoms with Crippen LogP contribution in [-0.4, -0.2) is 25.7 Å². The summed E-state index contributed by atoms with van der Waals surface area (Å²) in [6, 6.07) is 9.39. The van der Waals surface area contributed by atoms with E-state index in [1.807, 2.05) is 0 Å². The third-order valence-corrected chi connectivity index (χ3v) is 4.32. The number of piperidine rings is 1. The van der Waals surface area contributed by atoms with Crippen LogP contribution < -0.4 is 10.2 Å². The number of benzene rings is 1. The molecule has 1 saturated heterocycles. The van der Waals surface area contributed by atoms with Crippen molar-refractivity contribution in [3.8, 4) is 0 Å². The maximum atomic E-state index is 3.46. The molecule has 1 N–H and O–H groups in total. The summed E-state index contributed by atoms with van der Waals surface area (Å²) >= 11 is 0. The molecule has 2 heteroatoms. The number of nitrogens with one attached hydrogen (secondary N) is 1. The Labute approximate surface area is 111 Å². The van der Waals surface area contributed by atoms with Crippen LogP contribution in [0.3, 0.4) is 0 Å². The Morgan fingerprint density at radius 3 is 2.56 bits per heavy atom. The van der Waals surface area contributed by atoms with Gasteiger partial charge in [-0.1, -0.05) is 18.2 Å². The second kappa shape index (κ2) is 6.24. The first kappa shape index (κ1) is 13.4. The SMILES string of the molecule is CCN(c1ccccc1C)C(C)C1CCNCC1. The first-order chi connectivity index (χ1) is 8.74. The quantitative estimate of drug-likeness (QED) is 0.877. The molecule has 1 aromatic rings. The molecule has 0 spiro atoms. The summed E-state index contributed by atoms with van der Waals surface area (Å²) < 4.78 is 0. The smallest absolute Gasteiger partial charge is 0.0398 e. The number of rotatable bonds is 4. The van der Waals surface area contributed by atoms with Gasteiger partial charge in [0.1, 0.15) is 0 Å². The molecule has 0 bridgehead atoms. The average molecular weight is 246 g/mol. The fourth-order valence-electron chi connectivity index (χ4n) is 3.14. The maximum Gasteiger partial charge on any atom is 0.0398 e. The lowest BCUT2D eigenvalue weighted by Gasteiger charge is -2.38. The molecule has 1 fully saturated rings. The zero-order valence-corrected chi connectivity index (χ0v) is 11.9. The summed E-state index contributed by atoms with van der Waals surface area (Å²) in [6.07, 6.45) is 2.62. The van der Waals surface area contributed by atoms with Gasteiger partial charge < -0.3 is 10.2 Å². The van der Waals surface area contributed by atoms with Crippen molar-refractivity contribution in [2.45, 2.75) is 39.7 Å². The number of aryl methyl sites for hydroxylation is 1. The zero-order chi connectivity index (χ0) is 13.0. The highest BCUT2D eigenvalue weighted by molar-refractivity contribution is 5.53. The van der Waals surface area contributed by atoms with Crippen LogP contribution in [0, 0.1) is 12.8 Å². The van der Waals surface area contributed by atoms with Crippen LogP contribution >= 0.6 is 0 Å². The minimum absolute atomic E-state index is 0.637. The first-order valence-corrected chi connectivity index (χ1v) is 7.27. The van der Waals surface area contributed by atoms with E-state index in [0.717, 1.165) is 12.5 Å². The number of para-hydroxylation sites is 1. The van der Waals surface area contributed by atoms with Crippen molar-refractivity contribution in [3.63, 3.8) is 0 Å². The topological polar surface area (TPSA) is 15.3 Å². The van der Waals surface area contributed by atoms with Gasteiger partial charge in [-0.2, -0.15) is 0 Å². The monoisotopic (exact) mass is 246 g/mol. The molecular formula is C16H26N2. The van der Waals surface area contributed by atoms with Crippen LogP contribution in [0.1, 0.15) is 32.3 Å². The molecule has 0 aliphatic carbocycles. The number of hydrogen-bond acceptors (Lipinski definition) is 2. The summed E-state index contributed by atoms with van der Waals surface area (Å²) in [5.41, 5.74) is 2.80. The molecule has 1 atom stereocenters. The van der Waals surface area contributed by atoms with E-state index in [1.165, 1.54) is 37.2 Å². The summed E-state index contributed by atoms with van der Waals surface area (Å²) in [6.45, 7) is 10.3. The molecule has 2 nitrogen and oxygen atoms in total. The van der Waals surface area contributed by atoms with E-state index in [1.54, 1.807) is 0 Å². The minimum Gasteiger partial charge on any atom is -0.369 e. The van der Waals surface area contributed by atoms with Crippen LogP contribution in [-0.2, 0) is 0 Å². The van der Waals surface area contributed by atoms with Crippen LogP contribution in [0.15, 0.2) is 24.3 Å².